The molecule has 0 bridgehead atoms. The largest absolute Gasteiger partial charge is 0.368 e. The van der Waals surface area contributed by atoms with Crippen molar-refractivity contribution in [1.82, 2.24) is 14.9 Å². The molecule has 0 saturated carbocycles. The monoisotopic (exact) mass is 402 g/mol. The van der Waals surface area contributed by atoms with Gasteiger partial charge in [0.1, 0.15) is 5.01 Å². The molecule has 124 valence electrons. The summed E-state index contributed by atoms with van der Waals surface area (Å²) in [6.45, 7) is 6.42. The second-order valence-corrected chi connectivity index (χ2v) is 7.82. The molecule has 1 fully saturated rings. The Morgan fingerprint density at radius 2 is 1.92 bits per heavy atom. The molecule has 0 amide bonds. The van der Waals surface area contributed by atoms with Gasteiger partial charge in [0.15, 0.2) is 0 Å². The molecule has 2 aromatic heterocycles. The quantitative estimate of drug-likeness (QED) is 0.652. The zero-order chi connectivity index (χ0) is 16.5. The van der Waals surface area contributed by atoms with Crippen LogP contribution in [0.5, 0.6) is 0 Å². The van der Waals surface area contributed by atoms with Crippen molar-refractivity contribution in [2.45, 2.75) is 13.0 Å². The SMILES string of the molecule is CC(c1nccs1)N1CCN(c2ccnc3c(Br)cccc23)CC1. The van der Waals surface area contributed by atoms with Crippen molar-refractivity contribution in [2.75, 3.05) is 31.1 Å². The van der Waals surface area contributed by atoms with Crippen LogP contribution in [0.2, 0.25) is 0 Å². The molecule has 3 aromatic rings. The molecule has 3 heterocycles. The van der Waals surface area contributed by atoms with E-state index in [-0.39, 0.29) is 0 Å². The highest BCUT2D eigenvalue weighted by molar-refractivity contribution is 9.10. The molecule has 24 heavy (non-hydrogen) atoms. The van der Waals surface area contributed by atoms with Crippen molar-refractivity contribution in [1.29, 1.82) is 0 Å². The van der Waals surface area contributed by atoms with Crippen LogP contribution in [0.3, 0.4) is 0 Å². The smallest absolute Gasteiger partial charge is 0.109 e. The number of rotatable bonds is 3. The first-order valence-corrected chi connectivity index (χ1v) is 9.83. The molecular weight excluding hydrogens is 384 g/mol. The number of hydrogen-bond donors (Lipinski definition) is 0. The fourth-order valence-corrected chi connectivity index (χ4v) is 4.55. The summed E-state index contributed by atoms with van der Waals surface area (Å²) in [4.78, 5) is 14.0. The van der Waals surface area contributed by atoms with E-state index in [1.807, 2.05) is 18.5 Å². The van der Waals surface area contributed by atoms with Crippen molar-refractivity contribution in [3.05, 3.63) is 51.5 Å². The summed E-state index contributed by atoms with van der Waals surface area (Å²) in [5.41, 5.74) is 2.32. The first-order chi connectivity index (χ1) is 11.7. The molecule has 1 unspecified atom stereocenters. The standard InChI is InChI=1S/C18H19BrN4S/c1-13(18-21-7-12-24-18)22-8-10-23(11-9-22)16-5-6-20-17-14(16)3-2-4-15(17)19/h2-7,12-13H,8-11H2,1H3. The number of pyridine rings is 1. The van der Waals surface area contributed by atoms with Crippen LogP contribution in [0.15, 0.2) is 46.5 Å². The lowest BCUT2D eigenvalue weighted by Gasteiger charge is -2.38. The van der Waals surface area contributed by atoms with Gasteiger partial charge < -0.3 is 4.90 Å². The van der Waals surface area contributed by atoms with Crippen LogP contribution in [-0.4, -0.2) is 41.0 Å². The fraction of sp³-hybridized carbons (Fsp3) is 0.333. The molecule has 4 rings (SSSR count). The van der Waals surface area contributed by atoms with E-state index in [2.05, 4.69) is 66.2 Å². The Hall–Kier alpha value is -1.50. The van der Waals surface area contributed by atoms with Crippen LogP contribution in [0.4, 0.5) is 5.69 Å². The Balaban J connectivity index is 1.53. The van der Waals surface area contributed by atoms with Gasteiger partial charge in [0, 0.05) is 59.5 Å². The molecule has 0 radical (unpaired) electrons. The number of para-hydroxylation sites is 1. The first kappa shape index (κ1) is 16.0. The second kappa shape index (κ2) is 6.78. The molecule has 1 saturated heterocycles. The fourth-order valence-electron chi connectivity index (χ4n) is 3.35. The molecule has 1 aromatic carbocycles. The zero-order valence-electron chi connectivity index (χ0n) is 13.5. The van der Waals surface area contributed by atoms with E-state index in [1.54, 1.807) is 11.3 Å². The topological polar surface area (TPSA) is 32.3 Å². The maximum atomic E-state index is 4.52. The first-order valence-electron chi connectivity index (χ1n) is 8.15. The van der Waals surface area contributed by atoms with Crippen molar-refractivity contribution >= 4 is 43.9 Å². The minimum Gasteiger partial charge on any atom is -0.368 e. The highest BCUT2D eigenvalue weighted by atomic mass is 79.9. The maximum Gasteiger partial charge on any atom is 0.109 e. The van der Waals surface area contributed by atoms with Crippen molar-refractivity contribution in [3.63, 3.8) is 0 Å². The van der Waals surface area contributed by atoms with Crippen molar-refractivity contribution in [2.24, 2.45) is 0 Å². The zero-order valence-corrected chi connectivity index (χ0v) is 15.9. The van der Waals surface area contributed by atoms with Gasteiger partial charge in [0.05, 0.1) is 11.6 Å². The Morgan fingerprint density at radius 3 is 2.67 bits per heavy atom. The third-order valence-electron chi connectivity index (χ3n) is 4.71. The van der Waals surface area contributed by atoms with Crippen LogP contribution in [0, 0.1) is 0 Å². The minimum absolute atomic E-state index is 0.399. The molecule has 0 aliphatic carbocycles. The van der Waals surface area contributed by atoms with E-state index in [0.29, 0.717) is 6.04 Å². The summed E-state index contributed by atoms with van der Waals surface area (Å²) in [7, 11) is 0. The van der Waals surface area contributed by atoms with Gasteiger partial charge in [-0.3, -0.25) is 9.88 Å². The van der Waals surface area contributed by atoms with Gasteiger partial charge in [0.2, 0.25) is 0 Å². The van der Waals surface area contributed by atoms with Gasteiger partial charge in [-0.25, -0.2) is 4.98 Å². The Labute approximate surface area is 154 Å². The molecule has 1 aliphatic heterocycles. The van der Waals surface area contributed by atoms with Gasteiger partial charge in [0.25, 0.3) is 0 Å². The number of benzene rings is 1. The number of nitrogens with zero attached hydrogens (tertiary/aromatic N) is 4. The summed E-state index contributed by atoms with van der Waals surface area (Å²) in [6, 6.07) is 8.82. The van der Waals surface area contributed by atoms with Gasteiger partial charge >= 0.3 is 0 Å². The summed E-state index contributed by atoms with van der Waals surface area (Å²) < 4.78 is 1.05. The van der Waals surface area contributed by atoms with E-state index in [0.717, 1.165) is 36.2 Å². The van der Waals surface area contributed by atoms with E-state index in [4.69, 9.17) is 0 Å². The summed E-state index contributed by atoms with van der Waals surface area (Å²) in [6.07, 6.45) is 3.81. The molecular formula is C18H19BrN4S. The number of halogens is 1. The third kappa shape index (κ3) is 2.94. The predicted molar refractivity (Wildman–Crippen MR) is 104 cm³/mol. The Morgan fingerprint density at radius 1 is 1.08 bits per heavy atom. The minimum atomic E-state index is 0.399. The molecule has 6 heteroatoms. The summed E-state index contributed by atoms with van der Waals surface area (Å²) >= 11 is 5.36. The Kier molecular flexibility index (Phi) is 4.52. The predicted octanol–water partition coefficient (Wildman–Crippen LogP) is 4.34. The van der Waals surface area contributed by atoms with E-state index in [1.165, 1.54) is 16.1 Å². The number of piperazine rings is 1. The van der Waals surface area contributed by atoms with Gasteiger partial charge in [-0.05, 0) is 35.0 Å². The number of anilines is 1. The average molecular weight is 403 g/mol. The molecule has 0 spiro atoms. The van der Waals surface area contributed by atoms with Crippen molar-refractivity contribution < 1.29 is 0 Å². The normalized spacial score (nSPS) is 17.3. The summed E-state index contributed by atoms with van der Waals surface area (Å²) in [5, 5.41) is 4.48. The van der Waals surface area contributed by atoms with E-state index >= 15 is 0 Å². The highest BCUT2D eigenvalue weighted by Crippen LogP contribution is 2.31. The number of fused-ring (bicyclic) bond motifs is 1. The van der Waals surface area contributed by atoms with Crippen LogP contribution >= 0.6 is 27.3 Å². The lowest BCUT2D eigenvalue weighted by atomic mass is 10.1. The third-order valence-corrected chi connectivity index (χ3v) is 6.30. The molecule has 1 aliphatic rings. The second-order valence-electron chi connectivity index (χ2n) is 6.04. The van der Waals surface area contributed by atoms with Gasteiger partial charge in [-0.1, -0.05) is 12.1 Å². The number of thiazole rings is 1. The lowest BCUT2D eigenvalue weighted by Crippen LogP contribution is -2.47. The van der Waals surface area contributed by atoms with E-state index in [9.17, 15) is 0 Å². The van der Waals surface area contributed by atoms with Crippen molar-refractivity contribution in [3.8, 4) is 0 Å². The molecule has 1 atom stereocenters. The number of aromatic nitrogens is 2. The molecule has 4 nitrogen and oxygen atoms in total. The lowest BCUT2D eigenvalue weighted by molar-refractivity contribution is 0.198. The summed E-state index contributed by atoms with van der Waals surface area (Å²) in [5.74, 6) is 0. The van der Waals surface area contributed by atoms with Gasteiger partial charge in [-0.2, -0.15) is 0 Å². The Bertz CT molecular complexity index is 828. The van der Waals surface area contributed by atoms with Crippen LogP contribution in [0.25, 0.3) is 10.9 Å². The van der Waals surface area contributed by atoms with E-state index < -0.39 is 0 Å². The molecule has 0 N–H and O–H groups in total. The van der Waals surface area contributed by atoms with Gasteiger partial charge in [-0.15, -0.1) is 11.3 Å². The highest BCUT2D eigenvalue weighted by Gasteiger charge is 2.24. The maximum absolute atomic E-state index is 4.52. The van der Waals surface area contributed by atoms with Crippen LogP contribution < -0.4 is 4.90 Å². The van der Waals surface area contributed by atoms with Crippen LogP contribution in [0.1, 0.15) is 18.0 Å². The average Bonchev–Trinajstić information content (AvgIpc) is 3.16. The number of hydrogen-bond acceptors (Lipinski definition) is 5. The van der Waals surface area contributed by atoms with Crippen LogP contribution in [-0.2, 0) is 0 Å².